The van der Waals surface area contributed by atoms with E-state index >= 15 is 0 Å². The Hall–Kier alpha value is -6.92. The lowest BCUT2D eigenvalue weighted by Gasteiger charge is -2.12. The molecule has 5 aromatic heterocycles. The third kappa shape index (κ3) is 3.90. The Kier molecular flexibility index (Phi) is 5.57. The number of fused-ring (bicyclic) bond motifs is 10. The summed E-state index contributed by atoms with van der Waals surface area (Å²) in [6.07, 6.45) is 1.83. The zero-order valence-corrected chi connectivity index (χ0v) is 26.6. The van der Waals surface area contributed by atoms with Crippen molar-refractivity contribution in [2.45, 2.75) is 0 Å². The van der Waals surface area contributed by atoms with Gasteiger partial charge in [0.2, 0.25) is 5.95 Å². The fraction of sp³-hybridized carbons (Fsp3) is 0. The summed E-state index contributed by atoms with van der Waals surface area (Å²) >= 11 is 0. The van der Waals surface area contributed by atoms with Crippen molar-refractivity contribution in [2.75, 3.05) is 0 Å². The van der Waals surface area contributed by atoms with Crippen molar-refractivity contribution in [3.63, 3.8) is 0 Å². The van der Waals surface area contributed by atoms with E-state index < -0.39 is 0 Å². The van der Waals surface area contributed by atoms with Crippen LogP contribution in [0.2, 0.25) is 0 Å². The number of aromatic nitrogens is 5. The molecule has 232 valence electrons. The summed E-state index contributed by atoms with van der Waals surface area (Å²) in [5, 5.41) is 8.54. The SMILES string of the molecule is c1ccc(-c2nc(-n3c4ccc(-c5nc6cc7c(cc6c6ccccc56)oc5ccccc57)cc4c4cccnc43)nc3ccccc23)cc1. The van der Waals surface area contributed by atoms with Gasteiger partial charge in [0.05, 0.1) is 27.9 Å². The predicted octanol–water partition coefficient (Wildman–Crippen LogP) is 11.1. The minimum absolute atomic E-state index is 0.583. The number of para-hydroxylation sites is 2. The Balaban J connectivity index is 1.17. The number of hydrogen-bond acceptors (Lipinski definition) is 5. The molecule has 0 radical (unpaired) electrons. The molecule has 0 bridgehead atoms. The van der Waals surface area contributed by atoms with Crippen molar-refractivity contribution in [3.05, 3.63) is 152 Å². The molecule has 6 aromatic carbocycles. The Bertz CT molecular complexity index is 3160. The second-order valence-electron chi connectivity index (χ2n) is 12.7. The zero-order valence-electron chi connectivity index (χ0n) is 26.6. The molecule has 0 saturated heterocycles. The van der Waals surface area contributed by atoms with Crippen molar-refractivity contribution in [1.82, 2.24) is 24.5 Å². The quantitative estimate of drug-likeness (QED) is 0.180. The van der Waals surface area contributed by atoms with Crippen molar-refractivity contribution >= 4 is 76.5 Å². The third-order valence-electron chi connectivity index (χ3n) is 9.84. The first-order valence-electron chi connectivity index (χ1n) is 16.6. The molecular weight excluding hydrogens is 615 g/mol. The average Bonchev–Trinajstić information content (AvgIpc) is 3.71. The summed E-state index contributed by atoms with van der Waals surface area (Å²) in [6.45, 7) is 0. The first kappa shape index (κ1) is 27.1. The first-order valence-corrected chi connectivity index (χ1v) is 16.6. The molecule has 6 nitrogen and oxygen atoms in total. The van der Waals surface area contributed by atoms with Crippen molar-refractivity contribution in [1.29, 1.82) is 0 Å². The summed E-state index contributed by atoms with van der Waals surface area (Å²) in [5.74, 6) is 0.583. The molecule has 5 heterocycles. The van der Waals surface area contributed by atoms with Crippen LogP contribution in [0.3, 0.4) is 0 Å². The van der Waals surface area contributed by atoms with Crippen LogP contribution >= 0.6 is 0 Å². The maximum Gasteiger partial charge on any atom is 0.237 e. The zero-order chi connectivity index (χ0) is 32.8. The summed E-state index contributed by atoms with van der Waals surface area (Å²) < 4.78 is 8.35. The Morgan fingerprint density at radius 3 is 2.06 bits per heavy atom. The molecule has 0 aliphatic rings. The Morgan fingerprint density at radius 2 is 1.16 bits per heavy atom. The molecule has 0 fully saturated rings. The topological polar surface area (TPSA) is 69.6 Å². The molecule has 0 N–H and O–H groups in total. The van der Waals surface area contributed by atoms with Crippen LogP contribution in [0.1, 0.15) is 0 Å². The molecule has 0 aliphatic carbocycles. The number of benzene rings is 6. The lowest BCUT2D eigenvalue weighted by molar-refractivity contribution is 0.669. The van der Waals surface area contributed by atoms with Crippen LogP contribution < -0.4 is 0 Å². The fourth-order valence-electron chi connectivity index (χ4n) is 7.57. The van der Waals surface area contributed by atoms with Gasteiger partial charge in [0.15, 0.2) is 0 Å². The summed E-state index contributed by atoms with van der Waals surface area (Å²) in [5.41, 5.74) is 9.23. The van der Waals surface area contributed by atoms with E-state index in [1.54, 1.807) is 0 Å². The third-order valence-corrected chi connectivity index (χ3v) is 9.84. The molecule has 0 aliphatic heterocycles. The predicted molar refractivity (Wildman–Crippen MR) is 203 cm³/mol. The second-order valence-corrected chi connectivity index (χ2v) is 12.7. The smallest absolute Gasteiger partial charge is 0.237 e. The summed E-state index contributed by atoms with van der Waals surface area (Å²) in [6, 6.07) is 50.1. The molecule has 6 heteroatoms. The largest absolute Gasteiger partial charge is 0.456 e. The van der Waals surface area contributed by atoms with Gasteiger partial charge in [-0.25, -0.2) is 19.9 Å². The van der Waals surface area contributed by atoms with Crippen molar-refractivity contribution < 1.29 is 4.42 Å². The lowest BCUT2D eigenvalue weighted by Crippen LogP contribution is -2.04. The normalized spacial score (nSPS) is 12.0. The highest BCUT2D eigenvalue weighted by molar-refractivity contribution is 6.18. The second kappa shape index (κ2) is 10.3. The number of furan rings is 1. The van der Waals surface area contributed by atoms with Gasteiger partial charge in [-0.15, -0.1) is 0 Å². The highest BCUT2D eigenvalue weighted by Gasteiger charge is 2.20. The molecule has 0 saturated carbocycles. The maximum absolute atomic E-state index is 6.26. The molecule has 0 atom stereocenters. The molecular formula is C44H25N5O. The minimum Gasteiger partial charge on any atom is -0.456 e. The Morgan fingerprint density at radius 1 is 0.420 bits per heavy atom. The van der Waals surface area contributed by atoms with Gasteiger partial charge in [-0.3, -0.25) is 4.57 Å². The fourth-order valence-corrected chi connectivity index (χ4v) is 7.57. The number of nitrogens with zero attached hydrogens (tertiary/aromatic N) is 5. The first-order chi connectivity index (χ1) is 24.8. The molecule has 0 unspecified atom stereocenters. The number of rotatable bonds is 3. The van der Waals surface area contributed by atoms with Crippen LogP contribution in [0.15, 0.2) is 156 Å². The van der Waals surface area contributed by atoms with E-state index in [9.17, 15) is 0 Å². The highest BCUT2D eigenvalue weighted by Crippen LogP contribution is 2.40. The summed E-state index contributed by atoms with van der Waals surface area (Å²) in [4.78, 5) is 20.5. The Labute approximate surface area is 284 Å². The molecule has 0 spiro atoms. The lowest BCUT2D eigenvalue weighted by atomic mass is 9.98. The van der Waals surface area contributed by atoms with Crippen LogP contribution in [-0.4, -0.2) is 24.5 Å². The van der Waals surface area contributed by atoms with Crippen molar-refractivity contribution in [2.24, 2.45) is 0 Å². The summed E-state index contributed by atoms with van der Waals surface area (Å²) in [7, 11) is 0. The molecule has 50 heavy (non-hydrogen) atoms. The minimum atomic E-state index is 0.583. The monoisotopic (exact) mass is 639 g/mol. The van der Waals surface area contributed by atoms with E-state index in [-0.39, 0.29) is 0 Å². The van der Waals surface area contributed by atoms with Crippen LogP contribution in [0, 0.1) is 0 Å². The van der Waals surface area contributed by atoms with Gasteiger partial charge in [-0.05, 0) is 53.9 Å². The van der Waals surface area contributed by atoms with Crippen molar-refractivity contribution in [3.8, 4) is 28.5 Å². The maximum atomic E-state index is 6.26. The van der Waals surface area contributed by atoms with Crippen LogP contribution in [0.25, 0.3) is 105 Å². The van der Waals surface area contributed by atoms with Gasteiger partial charge < -0.3 is 4.42 Å². The van der Waals surface area contributed by atoms with E-state index in [1.165, 1.54) is 0 Å². The van der Waals surface area contributed by atoms with E-state index in [4.69, 9.17) is 24.4 Å². The van der Waals surface area contributed by atoms with E-state index in [1.807, 2.05) is 66.9 Å². The number of pyridine rings is 2. The van der Waals surface area contributed by atoms with Gasteiger partial charge in [0.1, 0.15) is 16.8 Å². The molecule has 0 amide bonds. The highest BCUT2D eigenvalue weighted by atomic mass is 16.3. The van der Waals surface area contributed by atoms with Crippen LogP contribution in [0.5, 0.6) is 0 Å². The molecule has 11 aromatic rings. The van der Waals surface area contributed by atoms with Gasteiger partial charge >= 0.3 is 0 Å². The van der Waals surface area contributed by atoms with Crippen LogP contribution in [0.4, 0.5) is 0 Å². The van der Waals surface area contributed by atoms with E-state index in [2.05, 4.69) is 89.5 Å². The van der Waals surface area contributed by atoms with Gasteiger partial charge in [0, 0.05) is 55.0 Å². The van der Waals surface area contributed by atoms with Gasteiger partial charge in [-0.2, -0.15) is 0 Å². The van der Waals surface area contributed by atoms with E-state index in [0.717, 1.165) is 99.0 Å². The van der Waals surface area contributed by atoms with Gasteiger partial charge in [-0.1, -0.05) is 97.1 Å². The van der Waals surface area contributed by atoms with E-state index in [0.29, 0.717) is 5.95 Å². The molecule has 11 rings (SSSR count). The van der Waals surface area contributed by atoms with Gasteiger partial charge in [0.25, 0.3) is 0 Å². The number of hydrogen-bond donors (Lipinski definition) is 0. The van der Waals surface area contributed by atoms with Crippen LogP contribution in [-0.2, 0) is 0 Å². The average molecular weight is 640 g/mol. The standard InChI is InChI=1S/C44H25N5O/c1-2-11-26(12-3-1)41-32-16-6-8-18-36(32)47-44(48-41)49-38-21-20-27(23-34(38)31-17-10-22-45-43(31)49)42-30-15-5-4-13-28(30)33-25-40-35(24-37(33)46-42)29-14-7-9-19-39(29)50-40/h1-25H.